The summed E-state index contributed by atoms with van der Waals surface area (Å²) in [6, 6.07) is 2.89. The lowest BCUT2D eigenvalue weighted by atomic mass is 9.99. The highest BCUT2D eigenvalue weighted by molar-refractivity contribution is 5.97. The molecule has 0 bridgehead atoms. The first-order chi connectivity index (χ1) is 11.3. The smallest absolute Gasteiger partial charge is 0.416 e. The maximum atomic E-state index is 13.2. The molecule has 128 valence electrons. The van der Waals surface area contributed by atoms with Gasteiger partial charge in [0.2, 0.25) is 0 Å². The number of carbonyl (C=O) groups excluding carboxylic acids is 2. The predicted octanol–water partition coefficient (Wildman–Crippen LogP) is 2.38. The molecule has 6 nitrogen and oxygen atoms in total. The molecule has 9 heteroatoms. The Bertz CT molecular complexity index is 756. The summed E-state index contributed by atoms with van der Waals surface area (Å²) in [5.74, 6) is -1.75. The van der Waals surface area contributed by atoms with Crippen LogP contribution in [0.5, 0.6) is 0 Å². The number of halogens is 3. The zero-order chi connectivity index (χ0) is 17.9. The average Bonchev–Trinajstić information content (AvgIpc) is 2.97. The van der Waals surface area contributed by atoms with Gasteiger partial charge in [-0.05, 0) is 18.6 Å². The van der Waals surface area contributed by atoms with Gasteiger partial charge in [-0.3, -0.25) is 9.89 Å². The van der Waals surface area contributed by atoms with Crippen LogP contribution in [-0.4, -0.2) is 29.2 Å². The summed E-state index contributed by atoms with van der Waals surface area (Å²) >= 11 is 0. The van der Waals surface area contributed by atoms with Crippen LogP contribution < -0.4 is 5.32 Å². The summed E-state index contributed by atoms with van der Waals surface area (Å²) < 4.78 is 44.1. The number of carbonyl (C=O) groups is 2. The number of hydrogen-bond acceptors (Lipinski definition) is 4. The minimum Gasteiger partial charge on any atom is -0.467 e. The van der Waals surface area contributed by atoms with Crippen LogP contribution in [0.2, 0.25) is 0 Å². The number of methoxy groups -OCH3 is 1. The Balaban J connectivity index is 2.43. The quantitative estimate of drug-likeness (QED) is 0.837. The van der Waals surface area contributed by atoms with E-state index in [0.717, 1.165) is 19.2 Å². The van der Waals surface area contributed by atoms with Crippen LogP contribution in [0.3, 0.4) is 0 Å². The monoisotopic (exact) mass is 341 g/mol. The van der Waals surface area contributed by atoms with E-state index in [1.54, 1.807) is 6.92 Å². The lowest BCUT2D eigenvalue weighted by molar-refractivity contribution is -0.144. The second-order valence-electron chi connectivity index (χ2n) is 4.92. The fourth-order valence-electron chi connectivity index (χ4n) is 2.18. The summed E-state index contributed by atoms with van der Waals surface area (Å²) in [5.41, 5.74) is -0.885. The topological polar surface area (TPSA) is 84.1 Å². The number of aryl methyl sites for hydroxylation is 1. The average molecular weight is 341 g/mol. The van der Waals surface area contributed by atoms with Gasteiger partial charge in [0.1, 0.15) is 0 Å². The number of nitrogens with zero attached hydrogens (tertiary/aromatic N) is 1. The number of amides is 1. The van der Waals surface area contributed by atoms with Crippen molar-refractivity contribution in [3.63, 3.8) is 0 Å². The molecule has 24 heavy (non-hydrogen) atoms. The number of H-pyrrole nitrogens is 1. The Morgan fingerprint density at radius 1 is 1.29 bits per heavy atom. The SMILES string of the molecule is COC(=O)C(NC(=O)c1cn[nH]c1C)c1ccccc1C(F)(F)F. The number of nitrogens with one attached hydrogen (secondary N) is 2. The maximum absolute atomic E-state index is 13.2. The number of aromatic amines is 1. The molecule has 1 amide bonds. The minimum absolute atomic E-state index is 0.119. The van der Waals surface area contributed by atoms with E-state index in [1.165, 1.54) is 18.3 Å². The third kappa shape index (κ3) is 3.55. The summed E-state index contributed by atoms with van der Waals surface area (Å²) in [6.07, 6.45) is -3.46. The number of ether oxygens (including phenoxy) is 1. The Kier molecular flexibility index (Phi) is 4.91. The van der Waals surface area contributed by atoms with Gasteiger partial charge < -0.3 is 10.1 Å². The summed E-state index contributed by atoms with van der Waals surface area (Å²) in [6.45, 7) is 1.57. The number of alkyl halides is 3. The predicted molar refractivity (Wildman–Crippen MR) is 77.0 cm³/mol. The largest absolute Gasteiger partial charge is 0.467 e. The van der Waals surface area contributed by atoms with Gasteiger partial charge in [-0.15, -0.1) is 0 Å². The van der Waals surface area contributed by atoms with E-state index >= 15 is 0 Å². The highest BCUT2D eigenvalue weighted by Gasteiger charge is 2.37. The zero-order valence-electron chi connectivity index (χ0n) is 12.8. The normalized spacial score (nSPS) is 12.5. The first kappa shape index (κ1) is 17.5. The van der Waals surface area contributed by atoms with Crippen molar-refractivity contribution in [2.45, 2.75) is 19.1 Å². The third-order valence-electron chi connectivity index (χ3n) is 3.36. The molecule has 2 N–H and O–H groups in total. The highest BCUT2D eigenvalue weighted by atomic mass is 19.4. The fourth-order valence-corrected chi connectivity index (χ4v) is 2.18. The molecule has 2 aromatic rings. The molecule has 0 fully saturated rings. The van der Waals surface area contributed by atoms with Crippen LogP contribution in [0.4, 0.5) is 13.2 Å². The van der Waals surface area contributed by atoms with Gasteiger partial charge in [0.05, 0.1) is 24.4 Å². The highest BCUT2D eigenvalue weighted by Crippen LogP contribution is 2.35. The Hall–Kier alpha value is -2.84. The van der Waals surface area contributed by atoms with Gasteiger partial charge in [-0.25, -0.2) is 4.79 Å². The fraction of sp³-hybridized carbons (Fsp3) is 0.267. The molecule has 1 atom stereocenters. The number of esters is 1. The molecule has 1 aromatic heterocycles. The summed E-state index contributed by atoms with van der Waals surface area (Å²) in [7, 11) is 1.03. The van der Waals surface area contributed by atoms with Gasteiger partial charge in [0.15, 0.2) is 6.04 Å². The van der Waals surface area contributed by atoms with Gasteiger partial charge in [-0.2, -0.15) is 18.3 Å². The van der Waals surface area contributed by atoms with Crippen LogP contribution in [0.1, 0.15) is 33.2 Å². The Morgan fingerprint density at radius 2 is 1.96 bits per heavy atom. The Labute approximate surface area is 135 Å². The first-order valence-corrected chi connectivity index (χ1v) is 6.80. The number of benzene rings is 1. The van der Waals surface area contributed by atoms with E-state index < -0.39 is 35.2 Å². The van der Waals surface area contributed by atoms with Gasteiger partial charge in [0, 0.05) is 5.69 Å². The molecule has 0 aliphatic rings. The molecule has 1 unspecified atom stereocenters. The molecule has 1 heterocycles. The number of hydrogen-bond donors (Lipinski definition) is 2. The van der Waals surface area contributed by atoms with Crippen LogP contribution in [0, 0.1) is 6.92 Å². The first-order valence-electron chi connectivity index (χ1n) is 6.80. The standard InChI is InChI=1S/C15H14F3N3O3/c1-8-10(7-19-21-8)13(22)20-12(14(23)24-2)9-5-3-4-6-11(9)15(16,17)18/h3-7,12H,1-2H3,(H,19,21)(H,20,22). The maximum Gasteiger partial charge on any atom is 0.416 e. The molecule has 2 rings (SSSR count). The van der Waals surface area contributed by atoms with E-state index in [0.29, 0.717) is 5.69 Å². The lowest BCUT2D eigenvalue weighted by Crippen LogP contribution is -2.36. The number of aromatic nitrogens is 2. The lowest BCUT2D eigenvalue weighted by Gasteiger charge is -2.20. The van der Waals surface area contributed by atoms with E-state index in [4.69, 9.17) is 0 Å². The zero-order valence-corrected chi connectivity index (χ0v) is 12.8. The van der Waals surface area contributed by atoms with E-state index in [1.807, 2.05) is 0 Å². The molecule has 1 aromatic carbocycles. The van der Waals surface area contributed by atoms with Crippen molar-refractivity contribution in [2.75, 3.05) is 7.11 Å². The van der Waals surface area contributed by atoms with Crippen molar-refractivity contribution in [3.05, 3.63) is 52.8 Å². The van der Waals surface area contributed by atoms with Crippen molar-refractivity contribution in [1.82, 2.24) is 15.5 Å². The van der Waals surface area contributed by atoms with Crippen molar-refractivity contribution < 1.29 is 27.5 Å². The van der Waals surface area contributed by atoms with E-state index in [-0.39, 0.29) is 5.56 Å². The van der Waals surface area contributed by atoms with Crippen LogP contribution >= 0.6 is 0 Å². The third-order valence-corrected chi connectivity index (χ3v) is 3.36. The van der Waals surface area contributed by atoms with E-state index in [9.17, 15) is 22.8 Å². The van der Waals surface area contributed by atoms with Crippen LogP contribution in [0.15, 0.2) is 30.5 Å². The van der Waals surface area contributed by atoms with Crippen molar-refractivity contribution in [1.29, 1.82) is 0 Å². The Morgan fingerprint density at radius 3 is 2.50 bits per heavy atom. The summed E-state index contributed by atoms with van der Waals surface area (Å²) in [4.78, 5) is 24.2. The van der Waals surface area contributed by atoms with Crippen LogP contribution in [0.25, 0.3) is 0 Å². The molecule has 0 radical (unpaired) electrons. The van der Waals surface area contributed by atoms with E-state index in [2.05, 4.69) is 20.3 Å². The number of rotatable bonds is 4. The van der Waals surface area contributed by atoms with Gasteiger partial charge in [-0.1, -0.05) is 18.2 Å². The molecule has 0 saturated carbocycles. The molecule has 0 saturated heterocycles. The molecular formula is C15H14F3N3O3. The van der Waals surface area contributed by atoms with Crippen molar-refractivity contribution in [2.24, 2.45) is 0 Å². The van der Waals surface area contributed by atoms with Crippen molar-refractivity contribution in [3.8, 4) is 0 Å². The van der Waals surface area contributed by atoms with Crippen LogP contribution in [-0.2, 0) is 15.7 Å². The molecule has 0 aliphatic carbocycles. The molecule has 0 aliphatic heterocycles. The molecular weight excluding hydrogens is 327 g/mol. The second kappa shape index (κ2) is 6.73. The van der Waals surface area contributed by atoms with Crippen molar-refractivity contribution >= 4 is 11.9 Å². The molecule has 0 spiro atoms. The minimum atomic E-state index is -4.68. The van der Waals surface area contributed by atoms with Gasteiger partial charge >= 0.3 is 12.1 Å². The summed E-state index contributed by atoms with van der Waals surface area (Å²) in [5, 5.41) is 8.46. The van der Waals surface area contributed by atoms with Gasteiger partial charge in [0.25, 0.3) is 5.91 Å². The second-order valence-corrected chi connectivity index (χ2v) is 4.92.